The van der Waals surface area contributed by atoms with Crippen LogP contribution in [-0.4, -0.2) is 141 Å². The molecule has 61 heavy (non-hydrogen) atoms. The maximum atomic E-state index is 14.8. The summed E-state index contributed by atoms with van der Waals surface area (Å²) in [6.45, 7) is 13.1. The Morgan fingerprint density at radius 2 is 1.72 bits per heavy atom. The number of esters is 1. The number of benzene rings is 1. The van der Waals surface area contributed by atoms with Gasteiger partial charge in [0.05, 0.1) is 37.5 Å². The van der Waals surface area contributed by atoms with Gasteiger partial charge in [-0.1, -0.05) is 56.4 Å². The fourth-order valence-corrected chi connectivity index (χ4v) is 10.1. The second-order valence-electron chi connectivity index (χ2n) is 17.7. The van der Waals surface area contributed by atoms with Gasteiger partial charge in [0.15, 0.2) is 17.7 Å². The number of hydrogen-bond acceptors (Lipinski definition) is 16. The van der Waals surface area contributed by atoms with Crippen LogP contribution in [0.4, 0.5) is 9.59 Å². The van der Waals surface area contributed by atoms with Crippen molar-refractivity contribution in [1.82, 2.24) is 24.7 Å². The SMILES string of the molecule is CC[C@H]1OC(=O)[C@H](C)C(=O)[C@H](C)[C@@H](O[C@@H]2O[C@H](C)C[C@H](N(C)C)[C@H]2O)[C@@]2(C)C[C@@H](C)C(=O)[C@H](C)[C@@H]3N(CC(=NCc4ccc(-c5csnn5)cc4)CNC(=O)O2)C(=O)O[C@@]31C. The maximum Gasteiger partial charge on any atom is 0.411 e. The molecule has 5 heterocycles. The lowest BCUT2D eigenvalue weighted by molar-refractivity contribution is -0.292. The van der Waals surface area contributed by atoms with Crippen LogP contribution in [0.15, 0.2) is 34.6 Å². The molecular formula is C43H60N6O11S. The second-order valence-corrected chi connectivity index (χ2v) is 18.3. The first-order chi connectivity index (χ1) is 28.8. The summed E-state index contributed by atoms with van der Waals surface area (Å²) in [6.07, 6.45) is -6.32. The summed E-state index contributed by atoms with van der Waals surface area (Å²) in [7, 11) is 3.66. The van der Waals surface area contributed by atoms with Gasteiger partial charge >= 0.3 is 18.2 Å². The fraction of sp³-hybridized carbons (Fsp3) is 0.674. The molecule has 0 radical (unpaired) electrons. The fourth-order valence-electron chi connectivity index (χ4n) is 9.60. The van der Waals surface area contributed by atoms with Gasteiger partial charge in [-0.2, -0.15) is 0 Å². The molecule has 18 heteroatoms. The van der Waals surface area contributed by atoms with Crippen molar-refractivity contribution >= 4 is 47.0 Å². The van der Waals surface area contributed by atoms with Crippen molar-refractivity contribution in [3.63, 3.8) is 0 Å². The van der Waals surface area contributed by atoms with E-state index >= 15 is 0 Å². The normalized spacial score (nSPS) is 37.4. The molecule has 4 aliphatic rings. The Kier molecular flexibility index (Phi) is 14.0. The number of cyclic esters (lactones) is 1. The van der Waals surface area contributed by atoms with Crippen LogP contribution in [0.25, 0.3) is 11.3 Å². The number of likely N-dealkylation sites (N-methyl/N-ethyl adjacent to an activating group) is 1. The molecular weight excluding hydrogens is 809 g/mol. The van der Waals surface area contributed by atoms with Crippen molar-refractivity contribution in [3.05, 3.63) is 35.2 Å². The van der Waals surface area contributed by atoms with E-state index < -0.39 is 89.5 Å². The highest BCUT2D eigenvalue weighted by molar-refractivity contribution is 7.03. The topological polar surface area (TPSA) is 208 Å². The summed E-state index contributed by atoms with van der Waals surface area (Å²) in [5.41, 5.74) is -0.448. The highest BCUT2D eigenvalue weighted by Crippen LogP contribution is 2.43. The Hall–Kier alpha value is -4.36. The molecule has 4 fully saturated rings. The lowest BCUT2D eigenvalue weighted by Gasteiger charge is -2.47. The average Bonchev–Trinajstić information content (AvgIpc) is 3.85. The molecule has 6 rings (SSSR count). The van der Waals surface area contributed by atoms with Crippen LogP contribution in [-0.2, 0) is 44.6 Å². The number of ketones is 2. The highest BCUT2D eigenvalue weighted by atomic mass is 32.1. The molecule has 4 saturated heterocycles. The number of aliphatic hydroxyl groups is 1. The molecule has 1 aromatic carbocycles. The number of ether oxygens (including phenoxy) is 5. The number of amides is 2. The van der Waals surface area contributed by atoms with Crippen LogP contribution in [0.3, 0.4) is 0 Å². The smallest absolute Gasteiger partial charge is 0.411 e. The zero-order chi connectivity index (χ0) is 44.6. The Labute approximate surface area is 361 Å². The number of alkyl carbamates (subject to hydrolysis) is 1. The number of rotatable bonds is 7. The molecule has 2 bridgehead atoms. The minimum absolute atomic E-state index is 0.135. The second kappa shape index (κ2) is 18.5. The number of carbonyl (C=O) groups is 5. The van der Waals surface area contributed by atoms with Gasteiger partial charge in [-0.3, -0.25) is 24.3 Å². The van der Waals surface area contributed by atoms with Gasteiger partial charge in [-0.25, -0.2) is 9.59 Å². The van der Waals surface area contributed by atoms with Gasteiger partial charge in [-0.15, -0.1) is 5.10 Å². The van der Waals surface area contributed by atoms with E-state index in [1.165, 1.54) is 23.4 Å². The first kappa shape index (κ1) is 46.2. The van der Waals surface area contributed by atoms with E-state index in [1.807, 2.05) is 55.6 Å². The van der Waals surface area contributed by atoms with E-state index in [4.69, 9.17) is 28.7 Å². The van der Waals surface area contributed by atoms with Gasteiger partial charge in [0, 0.05) is 34.7 Å². The van der Waals surface area contributed by atoms with E-state index in [2.05, 4.69) is 14.9 Å². The van der Waals surface area contributed by atoms with E-state index in [0.717, 1.165) is 16.8 Å². The molecule has 334 valence electrons. The van der Waals surface area contributed by atoms with E-state index in [0.29, 0.717) is 12.1 Å². The molecule has 0 spiro atoms. The number of aliphatic hydroxyl groups excluding tert-OH is 1. The zero-order valence-corrected chi connectivity index (χ0v) is 37.5. The van der Waals surface area contributed by atoms with Crippen molar-refractivity contribution in [2.75, 3.05) is 27.2 Å². The monoisotopic (exact) mass is 868 g/mol. The van der Waals surface area contributed by atoms with E-state index in [1.54, 1.807) is 41.5 Å². The van der Waals surface area contributed by atoms with Crippen LogP contribution in [0, 0.1) is 23.7 Å². The molecule has 1 aromatic heterocycles. The third kappa shape index (κ3) is 9.53. The standard InChI is InChI=1S/C43H60N6O11S/c1-11-32-43(8)36-24(4)33(50)22(2)17-42(7,37(25(5)34(51)26(6)38(53)57-32)58-39-35(52)31(48(9)10)16-23(3)56-39)59-40(54)45-19-29(20-49(36)41(55)60-43)44-18-27-12-14-28(15-13-27)30-21-61-47-46-30/h12-15,21-26,31-32,35-37,39,52H,11,16-20H2,1-10H3,(H,45,54)/t22-,23-,24+,25+,26-,31+,32-,35-,36+,37-,39+,42-,43-/m1/s1. The van der Waals surface area contributed by atoms with Gasteiger partial charge in [0.1, 0.15) is 41.3 Å². The molecule has 2 N–H and O–H groups in total. The predicted octanol–water partition coefficient (Wildman–Crippen LogP) is 4.44. The van der Waals surface area contributed by atoms with Crippen LogP contribution in [0.2, 0.25) is 0 Å². The quantitative estimate of drug-likeness (QED) is 0.224. The summed E-state index contributed by atoms with van der Waals surface area (Å²) < 4.78 is 35.3. The summed E-state index contributed by atoms with van der Waals surface area (Å²) in [5.74, 6) is -5.98. The number of nitrogens with one attached hydrogen (secondary N) is 1. The molecule has 0 unspecified atom stereocenters. The largest absolute Gasteiger partial charge is 0.458 e. The van der Waals surface area contributed by atoms with Crippen LogP contribution < -0.4 is 5.32 Å². The van der Waals surface area contributed by atoms with Crippen LogP contribution >= 0.6 is 11.5 Å². The molecule has 0 saturated carbocycles. The van der Waals surface area contributed by atoms with Crippen LogP contribution in [0.5, 0.6) is 0 Å². The van der Waals surface area contributed by atoms with Crippen molar-refractivity contribution in [3.8, 4) is 11.3 Å². The Bertz CT molecular complexity index is 1960. The number of Topliss-reactive ketones (excluding diaryl/α,β-unsaturated/α-hetero) is 2. The number of nitrogens with zero attached hydrogens (tertiary/aromatic N) is 5. The number of aromatic nitrogens is 2. The third-order valence-corrected chi connectivity index (χ3v) is 13.4. The van der Waals surface area contributed by atoms with Crippen LogP contribution in [0.1, 0.15) is 80.2 Å². The molecule has 13 atom stereocenters. The maximum absolute atomic E-state index is 14.8. The molecule has 2 amide bonds. The predicted molar refractivity (Wildman–Crippen MR) is 224 cm³/mol. The summed E-state index contributed by atoms with van der Waals surface area (Å²) >= 11 is 1.25. The van der Waals surface area contributed by atoms with Gasteiger partial charge in [0.25, 0.3) is 0 Å². The first-order valence-corrected chi connectivity index (χ1v) is 21.9. The van der Waals surface area contributed by atoms with Gasteiger partial charge in [-0.05, 0) is 78.1 Å². The molecule has 4 aliphatic heterocycles. The van der Waals surface area contributed by atoms with Crippen molar-refractivity contribution in [2.45, 2.75) is 135 Å². The Morgan fingerprint density at radius 3 is 2.36 bits per heavy atom. The van der Waals surface area contributed by atoms with Gasteiger partial charge < -0.3 is 39.0 Å². The number of carbonyl (C=O) groups excluding carboxylic acids is 5. The third-order valence-electron chi connectivity index (χ3n) is 12.9. The van der Waals surface area contributed by atoms with Crippen molar-refractivity contribution in [2.24, 2.45) is 28.7 Å². The molecule has 2 aromatic rings. The van der Waals surface area contributed by atoms with Crippen molar-refractivity contribution in [1.29, 1.82) is 0 Å². The lowest BCUT2D eigenvalue weighted by Crippen LogP contribution is -2.60. The first-order valence-electron chi connectivity index (χ1n) is 21.1. The summed E-state index contributed by atoms with van der Waals surface area (Å²) in [5, 5.41) is 20.4. The Morgan fingerprint density at radius 1 is 1.02 bits per heavy atom. The number of fused-ring (bicyclic) bond motifs is 4. The summed E-state index contributed by atoms with van der Waals surface area (Å²) in [6, 6.07) is 6.26. The minimum Gasteiger partial charge on any atom is -0.458 e. The van der Waals surface area contributed by atoms with E-state index in [-0.39, 0.29) is 50.4 Å². The number of hydrogen-bond donors (Lipinski definition) is 2. The Balaban J connectivity index is 1.47. The van der Waals surface area contributed by atoms with Gasteiger partial charge in [0.2, 0.25) is 0 Å². The average molecular weight is 869 g/mol. The number of aliphatic imine (C=N–C) groups is 1. The minimum atomic E-state index is -1.74. The molecule has 0 aliphatic carbocycles. The lowest BCUT2D eigenvalue weighted by atomic mass is 9.73. The van der Waals surface area contributed by atoms with Crippen molar-refractivity contribution < 1.29 is 52.8 Å². The summed E-state index contributed by atoms with van der Waals surface area (Å²) in [4.78, 5) is 79.7. The zero-order valence-electron chi connectivity index (χ0n) is 36.7. The van der Waals surface area contributed by atoms with E-state index in [9.17, 15) is 29.1 Å². The molecule has 17 nitrogen and oxygen atoms in total. The highest BCUT2D eigenvalue weighted by Gasteiger charge is 2.61.